The number of rotatable bonds is 3. The first-order valence-corrected chi connectivity index (χ1v) is 6.37. The van der Waals surface area contributed by atoms with Crippen LogP contribution in [0.15, 0.2) is 18.3 Å². The molecule has 0 bridgehead atoms. The third kappa shape index (κ3) is 3.18. The Labute approximate surface area is 98.4 Å². The van der Waals surface area contributed by atoms with Gasteiger partial charge in [-0.3, -0.25) is 4.79 Å². The molecule has 0 aliphatic carbocycles. The molecule has 6 heteroatoms. The van der Waals surface area contributed by atoms with Gasteiger partial charge in [0.1, 0.15) is 0 Å². The molecule has 2 heterocycles. The summed E-state index contributed by atoms with van der Waals surface area (Å²) in [5, 5.41) is 13.7. The molecule has 1 atom stereocenters. The maximum Gasteiger partial charge on any atom is 0.238 e. The second-order valence-corrected chi connectivity index (χ2v) is 4.66. The van der Waals surface area contributed by atoms with Gasteiger partial charge in [0.05, 0.1) is 18.3 Å². The highest BCUT2D eigenvalue weighted by molar-refractivity contribution is 7.99. The third-order valence-electron chi connectivity index (χ3n) is 2.31. The summed E-state index contributed by atoms with van der Waals surface area (Å²) in [5.41, 5.74) is 0.777. The van der Waals surface area contributed by atoms with Crippen molar-refractivity contribution in [1.82, 2.24) is 20.8 Å². The van der Waals surface area contributed by atoms with Crippen molar-refractivity contribution in [2.45, 2.75) is 12.6 Å². The van der Waals surface area contributed by atoms with E-state index in [2.05, 4.69) is 20.8 Å². The summed E-state index contributed by atoms with van der Waals surface area (Å²) >= 11 is 1.80. The molecule has 0 saturated carbocycles. The van der Waals surface area contributed by atoms with Crippen molar-refractivity contribution in [2.75, 3.05) is 18.1 Å². The van der Waals surface area contributed by atoms with E-state index in [0.29, 0.717) is 6.54 Å². The Morgan fingerprint density at radius 2 is 2.62 bits per heavy atom. The van der Waals surface area contributed by atoms with E-state index in [-0.39, 0.29) is 11.9 Å². The molecule has 1 aliphatic heterocycles. The highest BCUT2D eigenvalue weighted by atomic mass is 32.2. The van der Waals surface area contributed by atoms with Gasteiger partial charge in [0.15, 0.2) is 0 Å². The van der Waals surface area contributed by atoms with Crippen LogP contribution in [0.4, 0.5) is 0 Å². The molecule has 86 valence electrons. The molecule has 1 amide bonds. The first-order valence-electron chi connectivity index (χ1n) is 5.21. The lowest BCUT2D eigenvalue weighted by Gasteiger charge is -2.22. The van der Waals surface area contributed by atoms with Crippen molar-refractivity contribution in [3.8, 4) is 0 Å². The van der Waals surface area contributed by atoms with Crippen molar-refractivity contribution in [3.63, 3.8) is 0 Å². The Morgan fingerprint density at radius 3 is 3.31 bits per heavy atom. The topological polar surface area (TPSA) is 66.9 Å². The van der Waals surface area contributed by atoms with Gasteiger partial charge in [0.25, 0.3) is 0 Å². The molecule has 1 unspecified atom stereocenters. The van der Waals surface area contributed by atoms with Crippen LogP contribution < -0.4 is 10.6 Å². The number of thioether (sulfide) groups is 1. The van der Waals surface area contributed by atoms with Gasteiger partial charge in [-0.2, -0.15) is 22.0 Å². The van der Waals surface area contributed by atoms with E-state index in [1.807, 2.05) is 12.1 Å². The fraction of sp³-hybridized carbons (Fsp3) is 0.500. The minimum atomic E-state index is -0.0737. The van der Waals surface area contributed by atoms with Crippen LogP contribution in [-0.4, -0.2) is 40.2 Å². The second-order valence-electron chi connectivity index (χ2n) is 3.51. The van der Waals surface area contributed by atoms with Crippen LogP contribution in [0, 0.1) is 0 Å². The van der Waals surface area contributed by atoms with Gasteiger partial charge in [-0.1, -0.05) is 0 Å². The van der Waals surface area contributed by atoms with Crippen LogP contribution in [0.25, 0.3) is 0 Å². The van der Waals surface area contributed by atoms with Crippen molar-refractivity contribution in [2.24, 2.45) is 0 Å². The maximum atomic E-state index is 11.7. The SMILES string of the molecule is O=C(NCc1cccnn1)C1CSCCN1. The lowest BCUT2D eigenvalue weighted by Crippen LogP contribution is -2.48. The lowest BCUT2D eigenvalue weighted by atomic mass is 10.3. The van der Waals surface area contributed by atoms with Gasteiger partial charge in [0.2, 0.25) is 5.91 Å². The summed E-state index contributed by atoms with van der Waals surface area (Å²) in [5.74, 6) is 1.96. The Bertz CT molecular complexity index is 340. The first kappa shape index (κ1) is 11.3. The summed E-state index contributed by atoms with van der Waals surface area (Å²) in [7, 11) is 0. The molecule has 0 spiro atoms. The number of nitrogens with zero attached hydrogens (tertiary/aromatic N) is 2. The van der Waals surface area contributed by atoms with Crippen molar-refractivity contribution in [1.29, 1.82) is 0 Å². The Hall–Kier alpha value is -1.14. The third-order valence-corrected chi connectivity index (χ3v) is 3.37. The van der Waals surface area contributed by atoms with E-state index in [4.69, 9.17) is 0 Å². The van der Waals surface area contributed by atoms with Crippen LogP contribution >= 0.6 is 11.8 Å². The molecule has 1 saturated heterocycles. The van der Waals surface area contributed by atoms with Crippen molar-refractivity contribution >= 4 is 17.7 Å². The van der Waals surface area contributed by atoms with Crippen LogP contribution in [0.1, 0.15) is 5.69 Å². The molecule has 2 N–H and O–H groups in total. The lowest BCUT2D eigenvalue weighted by molar-refractivity contribution is -0.122. The van der Waals surface area contributed by atoms with Crippen LogP contribution in [-0.2, 0) is 11.3 Å². The largest absolute Gasteiger partial charge is 0.349 e. The summed E-state index contributed by atoms with van der Waals surface area (Å²) in [6.07, 6.45) is 1.62. The predicted octanol–water partition coefficient (Wildman–Crippen LogP) is -0.202. The van der Waals surface area contributed by atoms with E-state index in [9.17, 15) is 4.79 Å². The average Bonchev–Trinajstić information content (AvgIpc) is 2.38. The van der Waals surface area contributed by atoms with E-state index >= 15 is 0 Å². The van der Waals surface area contributed by atoms with E-state index < -0.39 is 0 Å². The monoisotopic (exact) mass is 238 g/mol. The normalized spacial score (nSPS) is 20.4. The fourth-order valence-electron chi connectivity index (χ4n) is 1.46. The Morgan fingerprint density at radius 1 is 1.69 bits per heavy atom. The summed E-state index contributed by atoms with van der Waals surface area (Å²) in [4.78, 5) is 11.7. The van der Waals surface area contributed by atoms with Crippen LogP contribution in [0.5, 0.6) is 0 Å². The second kappa shape index (κ2) is 5.81. The molecule has 1 aliphatic rings. The van der Waals surface area contributed by atoms with Gasteiger partial charge >= 0.3 is 0 Å². The van der Waals surface area contributed by atoms with Crippen LogP contribution in [0.2, 0.25) is 0 Å². The molecule has 1 aromatic heterocycles. The van der Waals surface area contributed by atoms with E-state index in [0.717, 1.165) is 23.7 Å². The smallest absolute Gasteiger partial charge is 0.238 e. The highest BCUT2D eigenvalue weighted by Crippen LogP contribution is 2.07. The number of aromatic nitrogens is 2. The van der Waals surface area contributed by atoms with E-state index in [1.165, 1.54) is 0 Å². The molecule has 1 aromatic rings. The minimum Gasteiger partial charge on any atom is -0.349 e. The number of hydrogen-bond donors (Lipinski definition) is 2. The van der Waals surface area contributed by atoms with Gasteiger partial charge < -0.3 is 10.6 Å². The maximum absolute atomic E-state index is 11.7. The zero-order chi connectivity index (χ0) is 11.2. The van der Waals surface area contributed by atoms with Crippen molar-refractivity contribution in [3.05, 3.63) is 24.0 Å². The summed E-state index contributed by atoms with van der Waals surface area (Å²) in [6, 6.07) is 3.58. The molecule has 16 heavy (non-hydrogen) atoms. The fourth-order valence-corrected chi connectivity index (χ4v) is 2.40. The van der Waals surface area contributed by atoms with Gasteiger partial charge in [-0.15, -0.1) is 0 Å². The number of carbonyl (C=O) groups excluding carboxylic acids is 1. The van der Waals surface area contributed by atoms with Crippen LogP contribution in [0.3, 0.4) is 0 Å². The zero-order valence-corrected chi connectivity index (χ0v) is 9.67. The van der Waals surface area contributed by atoms with Gasteiger partial charge in [-0.25, -0.2) is 0 Å². The predicted molar refractivity (Wildman–Crippen MR) is 63.0 cm³/mol. The highest BCUT2D eigenvalue weighted by Gasteiger charge is 2.20. The van der Waals surface area contributed by atoms with Gasteiger partial charge in [0, 0.05) is 24.2 Å². The van der Waals surface area contributed by atoms with Gasteiger partial charge in [-0.05, 0) is 12.1 Å². The summed E-state index contributed by atoms with van der Waals surface area (Å²) < 4.78 is 0. The molecular weight excluding hydrogens is 224 g/mol. The number of amides is 1. The molecular formula is C10H14N4OS. The number of nitrogens with one attached hydrogen (secondary N) is 2. The standard InChI is InChI=1S/C10H14N4OS/c15-10(9-7-16-5-4-11-9)12-6-8-2-1-3-13-14-8/h1-3,9,11H,4-7H2,(H,12,15). The number of hydrogen-bond acceptors (Lipinski definition) is 5. The zero-order valence-electron chi connectivity index (χ0n) is 8.85. The Kier molecular flexibility index (Phi) is 4.12. The summed E-state index contributed by atoms with van der Waals surface area (Å²) in [6.45, 7) is 1.34. The first-order chi connectivity index (χ1) is 7.86. The Balaban J connectivity index is 1.79. The minimum absolute atomic E-state index is 0.0397. The quantitative estimate of drug-likeness (QED) is 0.763. The molecule has 2 rings (SSSR count). The van der Waals surface area contributed by atoms with Crippen molar-refractivity contribution < 1.29 is 4.79 Å². The molecule has 5 nitrogen and oxygen atoms in total. The molecule has 0 radical (unpaired) electrons. The average molecular weight is 238 g/mol. The molecule has 1 fully saturated rings. The number of carbonyl (C=O) groups is 1. The van der Waals surface area contributed by atoms with E-state index in [1.54, 1.807) is 18.0 Å². The molecule has 0 aromatic carbocycles.